The number of aromatic amines is 1. The molecule has 0 aliphatic carbocycles. The van der Waals surface area contributed by atoms with Crippen molar-refractivity contribution in [2.45, 2.75) is 39.7 Å². The Hall–Kier alpha value is -2.86. The zero-order chi connectivity index (χ0) is 20.2. The molecule has 2 N–H and O–H groups in total. The highest BCUT2D eigenvalue weighted by atomic mass is 16.3. The van der Waals surface area contributed by atoms with Gasteiger partial charge in [0, 0.05) is 36.5 Å². The highest BCUT2D eigenvalue weighted by Crippen LogP contribution is 2.24. The smallest absolute Gasteiger partial charge is 0.228 e. The zero-order valence-corrected chi connectivity index (χ0v) is 17.1. The van der Waals surface area contributed by atoms with Crippen molar-refractivity contribution in [2.75, 3.05) is 18.4 Å². The number of amides is 1. The monoisotopic (exact) mass is 392 g/mol. The third kappa shape index (κ3) is 4.59. The van der Waals surface area contributed by atoms with E-state index in [-0.39, 0.29) is 11.8 Å². The fourth-order valence-electron chi connectivity index (χ4n) is 3.91. The molecule has 4 rings (SSSR count). The second-order valence-corrected chi connectivity index (χ2v) is 7.73. The van der Waals surface area contributed by atoms with Gasteiger partial charge in [-0.2, -0.15) is 0 Å². The minimum Gasteiger partial charge on any atom is -0.464 e. The lowest BCUT2D eigenvalue weighted by Crippen LogP contribution is -2.40. The average Bonchev–Trinajstić information content (AvgIpc) is 3.39. The Labute approximate surface area is 171 Å². The number of rotatable bonds is 6. The number of nitrogens with one attached hydrogen (secondary N) is 2. The van der Waals surface area contributed by atoms with Crippen LogP contribution in [0.2, 0.25) is 0 Å². The number of piperidine rings is 1. The van der Waals surface area contributed by atoms with Gasteiger partial charge in [0.15, 0.2) is 0 Å². The van der Waals surface area contributed by atoms with Crippen molar-refractivity contribution in [1.29, 1.82) is 0 Å². The lowest BCUT2D eigenvalue weighted by atomic mass is 9.96. The molecule has 29 heavy (non-hydrogen) atoms. The SMILES string of the molecule is CCc1nc(CN2CCCC(C(=O)Nc3ccc(-c4ccco4)cc3)C2)c(C)[nH]1. The molecule has 1 unspecified atom stereocenters. The van der Waals surface area contributed by atoms with Crippen LogP contribution in [0.3, 0.4) is 0 Å². The van der Waals surface area contributed by atoms with E-state index >= 15 is 0 Å². The van der Waals surface area contributed by atoms with E-state index in [1.807, 2.05) is 36.4 Å². The van der Waals surface area contributed by atoms with Gasteiger partial charge in [-0.05, 0) is 62.7 Å². The summed E-state index contributed by atoms with van der Waals surface area (Å²) in [7, 11) is 0. The van der Waals surface area contributed by atoms with Crippen molar-refractivity contribution in [3.8, 4) is 11.3 Å². The van der Waals surface area contributed by atoms with E-state index in [1.165, 1.54) is 0 Å². The van der Waals surface area contributed by atoms with E-state index in [4.69, 9.17) is 4.42 Å². The first-order valence-electron chi connectivity index (χ1n) is 10.3. The number of benzene rings is 1. The van der Waals surface area contributed by atoms with Crippen LogP contribution in [-0.2, 0) is 17.8 Å². The molecule has 1 amide bonds. The number of anilines is 1. The minimum atomic E-state index is -0.00149. The van der Waals surface area contributed by atoms with Crippen LogP contribution in [0.1, 0.15) is 37.0 Å². The topological polar surface area (TPSA) is 74.2 Å². The summed E-state index contributed by atoms with van der Waals surface area (Å²) in [6.45, 7) is 6.75. The highest BCUT2D eigenvalue weighted by molar-refractivity contribution is 5.93. The lowest BCUT2D eigenvalue weighted by molar-refractivity contribution is -0.121. The van der Waals surface area contributed by atoms with Gasteiger partial charge in [0.05, 0.1) is 17.9 Å². The van der Waals surface area contributed by atoms with Crippen LogP contribution in [0, 0.1) is 12.8 Å². The number of hydrogen-bond donors (Lipinski definition) is 2. The van der Waals surface area contributed by atoms with E-state index in [0.717, 1.165) is 73.1 Å². The number of H-pyrrole nitrogens is 1. The van der Waals surface area contributed by atoms with Crippen LogP contribution in [-0.4, -0.2) is 33.9 Å². The standard InChI is InChI=1S/C23H28N4O2/c1-3-22-24-16(2)20(26-22)15-27-12-4-6-18(14-27)23(28)25-19-10-8-17(9-11-19)21-7-5-13-29-21/h5,7-11,13,18H,3-4,6,12,14-15H2,1-2H3,(H,24,26)(H,25,28). The summed E-state index contributed by atoms with van der Waals surface area (Å²) in [6, 6.07) is 11.6. The summed E-state index contributed by atoms with van der Waals surface area (Å²) in [4.78, 5) is 23.2. The molecule has 3 heterocycles. The first kappa shape index (κ1) is 19.5. The van der Waals surface area contributed by atoms with Crippen molar-refractivity contribution >= 4 is 11.6 Å². The third-order valence-electron chi connectivity index (χ3n) is 5.58. The fourth-order valence-corrected chi connectivity index (χ4v) is 3.91. The van der Waals surface area contributed by atoms with Crippen LogP contribution < -0.4 is 5.32 Å². The molecule has 1 aliphatic heterocycles. The number of hydrogen-bond acceptors (Lipinski definition) is 4. The van der Waals surface area contributed by atoms with Crippen LogP contribution in [0.25, 0.3) is 11.3 Å². The molecule has 1 aromatic carbocycles. The maximum absolute atomic E-state index is 12.8. The molecule has 0 radical (unpaired) electrons. The van der Waals surface area contributed by atoms with Crippen LogP contribution in [0.4, 0.5) is 5.69 Å². The maximum atomic E-state index is 12.8. The lowest BCUT2D eigenvalue weighted by Gasteiger charge is -2.31. The second kappa shape index (κ2) is 8.66. The summed E-state index contributed by atoms with van der Waals surface area (Å²) in [5, 5.41) is 3.08. The Morgan fingerprint density at radius 3 is 2.83 bits per heavy atom. The van der Waals surface area contributed by atoms with Gasteiger partial charge >= 0.3 is 0 Å². The number of aromatic nitrogens is 2. The van der Waals surface area contributed by atoms with Gasteiger partial charge in [-0.25, -0.2) is 4.98 Å². The summed E-state index contributed by atoms with van der Waals surface area (Å²) in [6.07, 6.45) is 4.52. The molecule has 1 fully saturated rings. The molecule has 1 saturated heterocycles. The molecule has 1 atom stereocenters. The van der Waals surface area contributed by atoms with Crippen LogP contribution >= 0.6 is 0 Å². The molecular formula is C23H28N4O2. The van der Waals surface area contributed by atoms with Gasteiger partial charge in [-0.3, -0.25) is 9.69 Å². The summed E-state index contributed by atoms with van der Waals surface area (Å²) >= 11 is 0. The van der Waals surface area contributed by atoms with Gasteiger partial charge in [0.2, 0.25) is 5.91 Å². The number of nitrogens with zero attached hydrogens (tertiary/aromatic N) is 2. The third-order valence-corrected chi connectivity index (χ3v) is 5.58. The molecule has 6 nitrogen and oxygen atoms in total. The van der Waals surface area contributed by atoms with Crippen molar-refractivity contribution < 1.29 is 9.21 Å². The molecule has 0 saturated carbocycles. The van der Waals surface area contributed by atoms with Crippen LogP contribution in [0.15, 0.2) is 47.1 Å². The predicted octanol–water partition coefficient (Wildman–Crippen LogP) is 4.39. The van der Waals surface area contributed by atoms with E-state index < -0.39 is 0 Å². The molecule has 0 spiro atoms. The Morgan fingerprint density at radius 2 is 2.14 bits per heavy atom. The van der Waals surface area contributed by atoms with E-state index in [2.05, 4.69) is 34.0 Å². The van der Waals surface area contributed by atoms with E-state index in [1.54, 1.807) is 6.26 Å². The molecule has 152 valence electrons. The zero-order valence-electron chi connectivity index (χ0n) is 17.1. The van der Waals surface area contributed by atoms with Gasteiger partial charge in [-0.15, -0.1) is 0 Å². The van der Waals surface area contributed by atoms with Crippen molar-refractivity contribution in [2.24, 2.45) is 5.92 Å². The number of furan rings is 1. The molecule has 3 aromatic rings. The number of carbonyl (C=O) groups excluding carboxylic acids is 1. The van der Waals surface area contributed by atoms with Crippen molar-refractivity contribution in [3.05, 3.63) is 59.9 Å². The van der Waals surface area contributed by atoms with E-state index in [9.17, 15) is 4.79 Å². The van der Waals surface area contributed by atoms with Gasteiger partial charge in [-0.1, -0.05) is 6.92 Å². The number of carbonyl (C=O) groups is 1. The largest absolute Gasteiger partial charge is 0.464 e. The summed E-state index contributed by atoms with van der Waals surface area (Å²) in [5.74, 6) is 1.94. The van der Waals surface area contributed by atoms with Crippen LogP contribution in [0.5, 0.6) is 0 Å². The number of likely N-dealkylation sites (tertiary alicyclic amines) is 1. The Morgan fingerprint density at radius 1 is 1.31 bits per heavy atom. The normalized spacial score (nSPS) is 17.4. The first-order valence-corrected chi connectivity index (χ1v) is 10.3. The van der Waals surface area contributed by atoms with Gasteiger partial charge in [0.1, 0.15) is 11.6 Å². The van der Waals surface area contributed by atoms with E-state index in [0.29, 0.717) is 0 Å². The Balaban J connectivity index is 1.35. The van der Waals surface area contributed by atoms with Gasteiger partial charge in [0.25, 0.3) is 0 Å². The summed E-state index contributed by atoms with van der Waals surface area (Å²) in [5.41, 5.74) is 4.04. The Bertz CT molecular complexity index is 944. The van der Waals surface area contributed by atoms with Crippen molar-refractivity contribution in [3.63, 3.8) is 0 Å². The Kier molecular flexibility index (Phi) is 5.81. The first-order chi connectivity index (χ1) is 14.1. The molecule has 0 bridgehead atoms. The molecule has 1 aliphatic rings. The predicted molar refractivity (Wildman–Crippen MR) is 113 cm³/mol. The number of aryl methyl sites for hydroxylation is 2. The highest BCUT2D eigenvalue weighted by Gasteiger charge is 2.26. The summed E-state index contributed by atoms with van der Waals surface area (Å²) < 4.78 is 5.41. The maximum Gasteiger partial charge on any atom is 0.228 e. The number of imidazole rings is 1. The minimum absolute atomic E-state index is 0.00149. The quantitative estimate of drug-likeness (QED) is 0.652. The second-order valence-electron chi connectivity index (χ2n) is 7.73. The van der Waals surface area contributed by atoms with Gasteiger partial charge < -0.3 is 14.7 Å². The van der Waals surface area contributed by atoms with Crippen molar-refractivity contribution in [1.82, 2.24) is 14.9 Å². The average molecular weight is 393 g/mol. The molecular weight excluding hydrogens is 364 g/mol. The fraction of sp³-hybridized carbons (Fsp3) is 0.391. The molecule has 2 aromatic heterocycles. The molecule has 6 heteroatoms.